The molecule has 0 saturated heterocycles. The molecule has 8 heavy (non-hydrogen) atoms. The van der Waals surface area contributed by atoms with Gasteiger partial charge in [-0.25, -0.2) is 0 Å². The molecule has 0 atom stereocenters. The molecule has 0 aliphatic carbocycles. The summed E-state index contributed by atoms with van der Waals surface area (Å²) < 4.78 is 0. The summed E-state index contributed by atoms with van der Waals surface area (Å²) in [5.41, 5.74) is 0. The van der Waals surface area contributed by atoms with E-state index in [1.807, 2.05) is 0 Å². The van der Waals surface area contributed by atoms with Crippen LogP contribution in [0.4, 0.5) is 0 Å². The molecular formula is C5H14B2P+. The topological polar surface area (TPSA) is 0 Å². The lowest BCUT2D eigenvalue weighted by molar-refractivity contribution is 1.49. The minimum Gasteiger partial charge on any atom is -0.0950 e. The Morgan fingerprint density at radius 1 is 1.38 bits per heavy atom. The zero-order valence-electron chi connectivity index (χ0n) is 6.31. The van der Waals surface area contributed by atoms with Crippen LogP contribution in [0.3, 0.4) is 0 Å². The van der Waals surface area contributed by atoms with Crippen LogP contribution in [0.15, 0.2) is 0 Å². The molecule has 0 aliphatic heterocycles. The van der Waals surface area contributed by atoms with Gasteiger partial charge in [-0.15, -0.1) is 0 Å². The van der Waals surface area contributed by atoms with Crippen molar-refractivity contribution in [3.05, 3.63) is 0 Å². The second kappa shape index (κ2) is 3.56. The van der Waals surface area contributed by atoms with Crippen molar-refractivity contribution in [2.45, 2.75) is 13.7 Å². The Kier molecular flexibility index (Phi) is 3.81. The van der Waals surface area contributed by atoms with E-state index in [-0.39, 0.29) is 0 Å². The Balaban J connectivity index is 3.37. The molecule has 0 aromatic rings. The average molecular weight is 127 g/mol. The highest BCUT2D eigenvalue weighted by Crippen LogP contribution is 2.47. The van der Waals surface area contributed by atoms with Crippen LogP contribution >= 0.6 is 7.14 Å². The first-order valence-electron chi connectivity index (χ1n) is 3.09. The molecule has 3 heteroatoms. The van der Waals surface area contributed by atoms with Crippen LogP contribution in [0.2, 0.25) is 6.82 Å². The van der Waals surface area contributed by atoms with Crippen molar-refractivity contribution < 1.29 is 0 Å². The average Bonchev–Trinajstić information content (AvgIpc) is 1.67. The van der Waals surface area contributed by atoms with Crippen LogP contribution in [0.25, 0.3) is 0 Å². The van der Waals surface area contributed by atoms with Gasteiger partial charge in [0.1, 0.15) is 7.17 Å². The number of hydrogen-bond donors (Lipinski definition) is 0. The lowest BCUT2D eigenvalue weighted by Gasteiger charge is -2.12. The predicted octanol–water partition coefficient (Wildman–Crippen LogP) is 1.57. The predicted molar refractivity (Wildman–Crippen MR) is 46.7 cm³/mol. The fraction of sp³-hybridized carbons (Fsp3) is 1.00. The van der Waals surface area contributed by atoms with Gasteiger partial charge < -0.3 is 0 Å². The highest BCUT2D eigenvalue weighted by molar-refractivity contribution is 8.05. The van der Waals surface area contributed by atoms with E-state index in [2.05, 4.69) is 41.1 Å². The van der Waals surface area contributed by atoms with Crippen molar-refractivity contribution in [3.63, 3.8) is 0 Å². The van der Waals surface area contributed by atoms with Gasteiger partial charge >= 0.3 is 0 Å². The standard InChI is InChI=1S/C5H14B2P/c1-5-8(3,4)7-6-2/h5H2,1-4H3/q+1. The SMILES string of the molecule is C[B][B][P+](C)(C)CC. The molecule has 0 spiro atoms. The molecule has 0 bridgehead atoms. The second-order valence-electron chi connectivity index (χ2n) is 2.58. The van der Waals surface area contributed by atoms with Gasteiger partial charge in [-0.1, -0.05) is 14.0 Å². The molecular weight excluding hydrogens is 113 g/mol. The first-order chi connectivity index (χ1) is 3.62. The molecule has 0 aromatic carbocycles. The Morgan fingerprint density at radius 3 is 2.00 bits per heavy atom. The van der Waals surface area contributed by atoms with Gasteiger partial charge in [-0.05, 0) is 6.92 Å². The highest BCUT2D eigenvalue weighted by Gasteiger charge is 2.21. The van der Waals surface area contributed by atoms with Gasteiger partial charge in [0.15, 0.2) is 0 Å². The molecule has 2 radical (unpaired) electrons. The Hall–Kier alpha value is 0.560. The first-order valence-corrected chi connectivity index (χ1v) is 6.02. The largest absolute Gasteiger partial charge is 0.299 e. The zero-order valence-corrected chi connectivity index (χ0v) is 7.20. The molecule has 0 nitrogen and oxygen atoms in total. The van der Waals surface area contributed by atoms with Gasteiger partial charge in [-0.3, -0.25) is 0 Å². The summed E-state index contributed by atoms with van der Waals surface area (Å²) in [4.78, 5) is 0. The van der Waals surface area contributed by atoms with Gasteiger partial charge in [0.25, 0.3) is 6.89 Å². The number of rotatable bonds is 3. The van der Waals surface area contributed by atoms with E-state index in [9.17, 15) is 0 Å². The summed E-state index contributed by atoms with van der Waals surface area (Å²) in [6, 6.07) is 0. The lowest BCUT2D eigenvalue weighted by atomic mass is 9.57. The van der Waals surface area contributed by atoms with Crippen LogP contribution in [-0.2, 0) is 0 Å². The minimum absolute atomic E-state index is 0.604. The molecule has 44 valence electrons. The first kappa shape index (κ1) is 8.56. The van der Waals surface area contributed by atoms with E-state index >= 15 is 0 Å². The van der Waals surface area contributed by atoms with E-state index in [4.69, 9.17) is 0 Å². The van der Waals surface area contributed by atoms with E-state index in [0.717, 1.165) is 0 Å². The van der Waals surface area contributed by atoms with E-state index in [1.54, 1.807) is 0 Å². The van der Waals surface area contributed by atoms with Crippen LogP contribution < -0.4 is 0 Å². The van der Waals surface area contributed by atoms with E-state index in [0.29, 0.717) is 0 Å². The third-order valence-corrected chi connectivity index (χ3v) is 4.10. The minimum atomic E-state index is -0.604. The molecule has 0 aliphatic rings. The summed E-state index contributed by atoms with van der Waals surface area (Å²) in [6.45, 7) is 11.4. The van der Waals surface area contributed by atoms with E-state index in [1.165, 1.54) is 6.16 Å². The molecule has 0 unspecified atom stereocenters. The summed E-state index contributed by atoms with van der Waals surface area (Å²) in [6.07, 6.45) is 1.33. The third kappa shape index (κ3) is 3.55. The third-order valence-electron chi connectivity index (χ3n) is 1.37. The highest BCUT2D eigenvalue weighted by atomic mass is 31.2. The van der Waals surface area contributed by atoms with Gasteiger partial charge in [0.05, 0.1) is 0 Å². The quantitative estimate of drug-likeness (QED) is 0.398. The molecule has 0 N–H and O–H groups in total. The summed E-state index contributed by atoms with van der Waals surface area (Å²) >= 11 is 0. The molecule has 0 amide bonds. The Morgan fingerprint density at radius 2 is 1.88 bits per heavy atom. The zero-order chi connectivity index (χ0) is 6.62. The Labute approximate surface area is 55.2 Å². The van der Waals surface area contributed by atoms with Crippen molar-refractivity contribution >= 4 is 21.2 Å². The van der Waals surface area contributed by atoms with Crippen molar-refractivity contribution in [1.82, 2.24) is 0 Å². The van der Waals surface area contributed by atoms with Crippen LogP contribution in [0.5, 0.6) is 0 Å². The summed E-state index contributed by atoms with van der Waals surface area (Å²) in [5.74, 6) is 0. The fourth-order valence-corrected chi connectivity index (χ4v) is 1.53. The maximum Gasteiger partial charge on any atom is 0.299 e. The van der Waals surface area contributed by atoms with Gasteiger partial charge in [0.2, 0.25) is 0 Å². The summed E-state index contributed by atoms with van der Waals surface area (Å²) in [7, 11) is 1.56. The van der Waals surface area contributed by atoms with E-state index < -0.39 is 7.14 Å². The maximum atomic E-state index is 2.35. The van der Waals surface area contributed by atoms with Crippen LogP contribution in [-0.4, -0.2) is 33.6 Å². The maximum absolute atomic E-state index is 2.35. The lowest BCUT2D eigenvalue weighted by Crippen LogP contribution is -2.06. The van der Waals surface area contributed by atoms with Crippen molar-refractivity contribution in [1.29, 1.82) is 0 Å². The fourth-order valence-electron chi connectivity index (χ4n) is 0.509. The van der Waals surface area contributed by atoms with Crippen LogP contribution in [0.1, 0.15) is 6.92 Å². The number of hydrogen-bond acceptors (Lipinski definition) is 0. The second-order valence-corrected chi connectivity index (χ2v) is 7.07. The molecule has 0 saturated carbocycles. The van der Waals surface area contributed by atoms with Crippen molar-refractivity contribution in [3.8, 4) is 0 Å². The van der Waals surface area contributed by atoms with Crippen molar-refractivity contribution in [2.24, 2.45) is 0 Å². The Bertz CT molecular complexity index is 63.4. The molecule has 0 heterocycles. The smallest absolute Gasteiger partial charge is 0.0950 e. The van der Waals surface area contributed by atoms with Crippen molar-refractivity contribution in [2.75, 3.05) is 19.5 Å². The molecule has 0 aromatic heterocycles. The van der Waals surface area contributed by atoms with Gasteiger partial charge in [0, 0.05) is 19.5 Å². The van der Waals surface area contributed by atoms with Gasteiger partial charge in [-0.2, -0.15) is 0 Å². The van der Waals surface area contributed by atoms with Crippen LogP contribution in [0, 0.1) is 0 Å². The molecule has 0 rings (SSSR count). The normalized spacial score (nSPS) is 11.0. The monoisotopic (exact) mass is 127 g/mol. The summed E-state index contributed by atoms with van der Waals surface area (Å²) in [5, 5.41) is 0. The molecule has 0 fully saturated rings.